The first-order valence-electron chi connectivity index (χ1n) is 13.7. The van der Waals surface area contributed by atoms with Crippen molar-refractivity contribution in [2.24, 2.45) is 0 Å². The molecule has 4 aromatic carbocycles. The van der Waals surface area contributed by atoms with Gasteiger partial charge in [-0.15, -0.1) is 0 Å². The van der Waals surface area contributed by atoms with Crippen molar-refractivity contribution >= 4 is 34.2 Å². The maximum atomic E-state index is 14.8. The molecule has 0 saturated carbocycles. The van der Waals surface area contributed by atoms with E-state index in [-0.39, 0.29) is 31.3 Å². The second-order valence-electron chi connectivity index (χ2n) is 10.0. The van der Waals surface area contributed by atoms with E-state index in [1.165, 1.54) is 15.9 Å². The predicted octanol–water partition coefficient (Wildman–Crippen LogP) is 5.50. The Balaban J connectivity index is 1.50. The molecule has 6 nitrogen and oxygen atoms in total. The summed E-state index contributed by atoms with van der Waals surface area (Å²) in [5, 5.41) is 4.69. The third-order valence-electron chi connectivity index (χ3n) is 7.34. The molecule has 4 aromatic rings. The molecule has 0 bridgehead atoms. The number of hydrogen-bond acceptors (Lipinski definition) is 3. The minimum absolute atomic E-state index is 0.108. The summed E-state index contributed by atoms with van der Waals surface area (Å²) in [7, 11) is 0. The van der Waals surface area contributed by atoms with Crippen molar-refractivity contribution in [3.8, 4) is 0 Å². The van der Waals surface area contributed by atoms with Gasteiger partial charge in [-0.1, -0.05) is 86.1 Å². The number of nitrogens with zero attached hydrogens (tertiary/aromatic N) is 2. The van der Waals surface area contributed by atoms with Crippen LogP contribution >= 0.6 is 0 Å². The van der Waals surface area contributed by atoms with Gasteiger partial charge in [-0.3, -0.25) is 19.3 Å². The molecule has 40 heavy (non-hydrogen) atoms. The molecule has 5 rings (SSSR count). The number of benzene rings is 4. The summed E-state index contributed by atoms with van der Waals surface area (Å²) >= 11 is 0. The molecule has 0 saturated heterocycles. The first kappa shape index (κ1) is 27.1. The maximum absolute atomic E-state index is 14.8. The maximum Gasteiger partial charge on any atom is 0.259 e. The summed E-state index contributed by atoms with van der Waals surface area (Å²) in [5.74, 6) is -1.47. The van der Waals surface area contributed by atoms with E-state index >= 15 is 0 Å². The number of rotatable bonds is 11. The molecule has 204 valence electrons. The molecule has 7 heteroatoms. The Morgan fingerprint density at radius 1 is 0.925 bits per heavy atom. The van der Waals surface area contributed by atoms with Crippen molar-refractivity contribution in [1.29, 1.82) is 0 Å². The van der Waals surface area contributed by atoms with E-state index in [4.69, 9.17) is 0 Å². The minimum Gasteiger partial charge on any atom is -0.354 e. The van der Waals surface area contributed by atoms with Gasteiger partial charge in [-0.2, -0.15) is 0 Å². The van der Waals surface area contributed by atoms with Gasteiger partial charge in [-0.25, -0.2) is 4.39 Å². The van der Waals surface area contributed by atoms with Crippen molar-refractivity contribution in [3.63, 3.8) is 0 Å². The van der Waals surface area contributed by atoms with Crippen LogP contribution in [0.3, 0.4) is 0 Å². The molecule has 1 heterocycles. The predicted molar refractivity (Wildman–Crippen MR) is 154 cm³/mol. The lowest BCUT2D eigenvalue weighted by Gasteiger charge is -2.33. The quantitative estimate of drug-likeness (QED) is 0.257. The van der Waals surface area contributed by atoms with Crippen LogP contribution in [0.2, 0.25) is 0 Å². The van der Waals surface area contributed by atoms with Gasteiger partial charge in [0.15, 0.2) is 0 Å². The third kappa shape index (κ3) is 5.59. The highest BCUT2D eigenvalue weighted by molar-refractivity contribution is 6.26. The van der Waals surface area contributed by atoms with Gasteiger partial charge in [0.25, 0.3) is 5.91 Å². The van der Waals surface area contributed by atoms with Gasteiger partial charge in [0.05, 0.1) is 5.69 Å². The monoisotopic (exact) mass is 537 g/mol. The fraction of sp³-hybridized carbons (Fsp3) is 0.242. The van der Waals surface area contributed by atoms with Crippen molar-refractivity contribution in [3.05, 3.63) is 114 Å². The number of amides is 3. The van der Waals surface area contributed by atoms with E-state index in [9.17, 15) is 18.8 Å². The molecule has 1 atom stereocenters. The Morgan fingerprint density at radius 2 is 1.65 bits per heavy atom. The lowest BCUT2D eigenvalue weighted by Crippen LogP contribution is -2.53. The van der Waals surface area contributed by atoms with Gasteiger partial charge in [0, 0.05) is 36.0 Å². The van der Waals surface area contributed by atoms with Crippen molar-refractivity contribution in [1.82, 2.24) is 10.2 Å². The Morgan fingerprint density at radius 3 is 2.40 bits per heavy atom. The number of nitrogens with one attached hydrogen (secondary N) is 1. The van der Waals surface area contributed by atoms with Crippen LogP contribution in [0.1, 0.15) is 41.3 Å². The number of hydrogen-bond donors (Lipinski definition) is 1. The van der Waals surface area contributed by atoms with E-state index in [0.717, 1.165) is 29.2 Å². The Labute approximate surface area is 233 Å². The van der Waals surface area contributed by atoms with Gasteiger partial charge in [-0.05, 0) is 35.6 Å². The normalized spacial score (nSPS) is 12.9. The number of unbranched alkanes of at least 4 members (excludes halogenated alkanes) is 1. The lowest BCUT2D eigenvalue weighted by atomic mass is 10.0. The second kappa shape index (κ2) is 12.1. The topological polar surface area (TPSA) is 69.7 Å². The summed E-state index contributed by atoms with van der Waals surface area (Å²) in [5.41, 5.74) is 2.37. The van der Waals surface area contributed by atoms with Crippen LogP contribution in [0.15, 0.2) is 91.0 Å². The van der Waals surface area contributed by atoms with E-state index < -0.39 is 17.8 Å². The standard InChI is InChI=1S/C33H32FN3O3/c1-2-3-19-35-32(39)29(20-23-11-5-4-6-12-23)36(21-25-13-7-8-17-27(25)34)30(38)22-37-28-18-10-15-24-14-9-16-26(31(24)28)33(37)40/h4-18,29H,2-3,19-22H2,1H3,(H,35,39). The van der Waals surface area contributed by atoms with Crippen molar-refractivity contribution in [2.75, 3.05) is 18.0 Å². The molecule has 3 amide bonds. The Kier molecular flexibility index (Phi) is 8.20. The number of halogens is 1. The lowest BCUT2D eigenvalue weighted by molar-refractivity contribution is -0.140. The van der Waals surface area contributed by atoms with E-state index in [1.807, 2.05) is 67.6 Å². The van der Waals surface area contributed by atoms with Crippen LogP contribution in [0.25, 0.3) is 10.8 Å². The highest BCUT2D eigenvalue weighted by Crippen LogP contribution is 2.37. The molecule has 0 aromatic heterocycles. The van der Waals surface area contributed by atoms with Crippen LogP contribution in [0.5, 0.6) is 0 Å². The fourth-order valence-electron chi connectivity index (χ4n) is 5.23. The highest BCUT2D eigenvalue weighted by atomic mass is 19.1. The fourth-order valence-corrected chi connectivity index (χ4v) is 5.23. The van der Waals surface area contributed by atoms with Gasteiger partial charge in [0.2, 0.25) is 11.8 Å². The number of carbonyl (C=O) groups is 3. The van der Waals surface area contributed by atoms with Crippen LogP contribution < -0.4 is 10.2 Å². The zero-order valence-electron chi connectivity index (χ0n) is 22.5. The zero-order chi connectivity index (χ0) is 28.1. The molecular weight excluding hydrogens is 505 g/mol. The highest BCUT2D eigenvalue weighted by Gasteiger charge is 2.36. The smallest absolute Gasteiger partial charge is 0.259 e. The molecule has 1 N–H and O–H groups in total. The molecule has 0 fully saturated rings. The van der Waals surface area contributed by atoms with Gasteiger partial charge >= 0.3 is 0 Å². The van der Waals surface area contributed by atoms with Crippen molar-refractivity contribution in [2.45, 2.75) is 38.8 Å². The van der Waals surface area contributed by atoms with Gasteiger partial charge < -0.3 is 10.2 Å². The van der Waals surface area contributed by atoms with Crippen LogP contribution in [0.4, 0.5) is 10.1 Å². The minimum atomic E-state index is -0.901. The van der Waals surface area contributed by atoms with E-state index in [2.05, 4.69) is 5.32 Å². The molecule has 0 radical (unpaired) electrons. The molecule has 1 aliphatic heterocycles. The average molecular weight is 538 g/mol. The SMILES string of the molecule is CCCCNC(=O)C(Cc1ccccc1)N(Cc1ccccc1F)C(=O)CN1C(=O)c2cccc3cccc1c23. The molecule has 1 aliphatic rings. The van der Waals surface area contributed by atoms with Gasteiger partial charge in [0.1, 0.15) is 18.4 Å². The Bertz CT molecular complexity index is 1530. The van der Waals surface area contributed by atoms with E-state index in [0.29, 0.717) is 23.4 Å². The molecule has 0 spiro atoms. The zero-order valence-corrected chi connectivity index (χ0v) is 22.5. The summed E-state index contributed by atoms with van der Waals surface area (Å²) in [6.07, 6.45) is 1.96. The number of carbonyl (C=O) groups excluding carboxylic acids is 3. The molecule has 0 aliphatic carbocycles. The van der Waals surface area contributed by atoms with Crippen molar-refractivity contribution < 1.29 is 18.8 Å². The molecule has 1 unspecified atom stereocenters. The first-order chi connectivity index (χ1) is 19.5. The summed E-state index contributed by atoms with van der Waals surface area (Å²) in [4.78, 5) is 44.0. The largest absolute Gasteiger partial charge is 0.354 e. The summed E-state index contributed by atoms with van der Waals surface area (Å²) < 4.78 is 14.8. The summed E-state index contributed by atoms with van der Waals surface area (Å²) in [6, 6.07) is 25.9. The molecular formula is C33H32FN3O3. The Hall–Kier alpha value is -4.52. The first-order valence-corrected chi connectivity index (χ1v) is 13.7. The van der Waals surface area contributed by atoms with Crippen LogP contribution in [0, 0.1) is 5.82 Å². The number of anilines is 1. The summed E-state index contributed by atoms with van der Waals surface area (Å²) in [6.45, 7) is 2.13. The van der Waals surface area contributed by atoms with E-state index in [1.54, 1.807) is 24.3 Å². The average Bonchev–Trinajstić information content (AvgIpc) is 3.24. The van der Waals surface area contributed by atoms with Crippen LogP contribution in [-0.2, 0) is 22.6 Å². The second-order valence-corrected chi connectivity index (χ2v) is 10.0. The van der Waals surface area contributed by atoms with Crippen LogP contribution in [-0.4, -0.2) is 41.8 Å². The third-order valence-corrected chi connectivity index (χ3v) is 7.34.